The number of primary amides is 1. The number of rotatable bonds is 10. The molecule has 11 nitrogen and oxygen atoms in total. The Morgan fingerprint density at radius 1 is 1.14 bits per heavy atom. The van der Waals surface area contributed by atoms with Gasteiger partial charge in [-0.25, -0.2) is 4.79 Å². The van der Waals surface area contributed by atoms with Crippen LogP contribution < -0.4 is 16.8 Å². The average Bonchev–Trinajstić information content (AvgIpc) is 3.26. The number of carbonyl (C=O) groups excluding carboxylic acids is 3. The largest absolute Gasteiger partial charge is 0.443 e. The van der Waals surface area contributed by atoms with Crippen LogP contribution in [-0.4, -0.2) is 56.5 Å². The molecule has 0 fully saturated rings. The lowest BCUT2D eigenvalue weighted by molar-refractivity contribution is -0.126. The van der Waals surface area contributed by atoms with E-state index >= 15 is 0 Å². The van der Waals surface area contributed by atoms with Crippen LogP contribution in [0.4, 0.5) is 4.79 Å². The fourth-order valence-electron chi connectivity index (χ4n) is 3.39. The summed E-state index contributed by atoms with van der Waals surface area (Å²) in [6.45, 7) is 2.86. The number of amides is 3. The van der Waals surface area contributed by atoms with Gasteiger partial charge in [-0.3, -0.25) is 14.0 Å². The Hall–Kier alpha value is -4.25. The van der Waals surface area contributed by atoms with E-state index in [0.29, 0.717) is 23.6 Å². The molecule has 0 aliphatic rings. The molecule has 190 valence electrons. The summed E-state index contributed by atoms with van der Waals surface area (Å²) in [6.07, 6.45) is 3.59. The molecular weight excluding hydrogens is 462 g/mol. The number of pyridine rings is 1. The molecule has 0 aliphatic carbocycles. The zero-order chi connectivity index (χ0) is 26.3. The fraction of sp³-hybridized carbons (Fsp3) is 0.320. The van der Waals surface area contributed by atoms with Gasteiger partial charge in [-0.15, -0.1) is 10.2 Å². The average molecular weight is 494 g/mol. The summed E-state index contributed by atoms with van der Waals surface area (Å²) in [4.78, 5) is 37.2. The van der Waals surface area contributed by atoms with Crippen LogP contribution in [0.15, 0.2) is 54.6 Å². The fourth-order valence-corrected chi connectivity index (χ4v) is 3.39. The highest BCUT2D eigenvalue weighted by Gasteiger charge is 2.28. The molecule has 0 unspecified atom stereocenters. The second-order valence-electron chi connectivity index (χ2n) is 8.94. The minimum Gasteiger partial charge on any atom is -0.443 e. The second-order valence-corrected chi connectivity index (χ2v) is 8.94. The van der Waals surface area contributed by atoms with Gasteiger partial charge in [-0.1, -0.05) is 48.6 Å². The van der Waals surface area contributed by atoms with E-state index in [1.807, 2.05) is 42.5 Å². The van der Waals surface area contributed by atoms with Crippen molar-refractivity contribution in [3.63, 3.8) is 0 Å². The summed E-state index contributed by atoms with van der Waals surface area (Å²) in [5.74, 6) is -0.547. The van der Waals surface area contributed by atoms with Gasteiger partial charge in [0.2, 0.25) is 11.8 Å². The molecule has 36 heavy (non-hydrogen) atoms. The molecule has 0 saturated heterocycles. The molecule has 3 rings (SSSR count). The van der Waals surface area contributed by atoms with Crippen LogP contribution in [-0.2, 0) is 20.9 Å². The molecule has 3 amide bonds. The summed E-state index contributed by atoms with van der Waals surface area (Å²) in [5.41, 5.74) is 12.2. The van der Waals surface area contributed by atoms with Crippen molar-refractivity contribution in [3.05, 3.63) is 71.7 Å². The Labute approximate surface area is 209 Å². The zero-order valence-corrected chi connectivity index (χ0v) is 20.5. The summed E-state index contributed by atoms with van der Waals surface area (Å²) < 4.78 is 7.09. The van der Waals surface area contributed by atoms with Crippen molar-refractivity contribution in [2.24, 2.45) is 11.5 Å². The Kier molecular flexibility index (Phi) is 8.38. The third kappa shape index (κ3) is 6.89. The summed E-state index contributed by atoms with van der Waals surface area (Å²) in [7, 11) is 1.41. The maximum Gasteiger partial charge on any atom is 0.410 e. The number of benzene rings is 1. The summed E-state index contributed by atoms with van der Waals surface area (Å²) in [6, 6.07) is 14.5. The summed E-state index contributed by atoms with van der Waals surface area (Å²) >= 11 is 0. The lowest BCUT2D eigenvalue weighted by Crippen LogP contribution is -2.50. The van der Waals surface area contributed by atoms with E-state index in [1.165, 1.54) is 7.05 Å². The lowest BCUT2D eigenvalue weighted by Gasteiger charge is -2.23. The first-order valence-electron chi connectivity index (χ1n) is 11.4. The second kappa shape index (κ2) is 11.5. The number of ether oxygens (including phenoxy) is 1. The number of nitrogens with one attached hydrogen (secondary N) is 1. The van der Waals surface area contributed by atoms with Crippen LogP contribution in [0.3, 0.4) is 0 Å². The SMILES string of the molecule is CN(CC(N)=O)C(=O)OCc1cccc2nnc([C@@H](C/C=C/c3ccccc3)NC(=O)C(C)(C)N)n12. The topological polar surface area (TPSA) is 158 Å². The number of aromatic nitrogens is 3. The summed E-state index contributed by atoms with van der Waals surface area (Å²) in [5, 5.41) is 11.5. The third-order valence-corrected chi connectivity index (χ3v) is 5.27. The Balaban J connectivity index is 1.90. The van der Waals surface area contributed by atoms with Crippen molar-refractivity contribution in [2.75, 3.05) is 13.6 Å². The maximum atomic E-state index is 12.8. The first-order chi connectivity index (χ1) is 17.1. The molecule has 0 saturated carbocycles. The van der Waals surface area contributed by atoms with Crippen LogP contribution in [0.1, 0.15) is 43.4 Å². The quantitative estimate of drug-likeness (QED) is 0.388. The molecule has 2 heterocycles. The van der Waals surface area contributed by atoms with Crippen molar-refractivity contribution < 1.29 is 19.1 Å². The van der Waals surface area contributed by atoms with Gasteiger partial charge in [0.15, 0.2) is 11.5 Å². The van der Waals surface area contributed by atoms with Gasteiger partial charge in [0.05, 0.1) is 17.3 Å². The number of fused-ring (bicyclic) bond motifs is 1. The van der Waals surface area contributed by atoms with Gasteiger partial charge in [-0.2, -0.15) is 0 Å². The molecule has 5 N–H and O–H groups in total. The van der Waals surface area contributed by atoms with Gasteiger partial charge >= 0.3 is 6.09 Å². The number of carbonyl (C=O) groups is 3. The molecule has 1 aromatic carbocycles. The van der Waals surface area contributed by atoms with Gasteiger partial charge in [0, 0.05) is 7.05 Å². The normalized spacial score (nSPS) is 12.4. The minimum absolute atomic E-state index is 0.118. The van der Waals surface area contributed by atoms with Crippen molar-refractivity contribution >= 4 is 29.6 Å². The molecule has 0 aliphatic heterocycles. The highest BCUT2D eigenvalue weighted by molar-refractivity contribution is 5.85. The molecule has 0 spiro atoms. The number of nitrogens with two attached hydrogens (primary N) is 2. The molecular formula is C25H31N7O4. The number of hydrogen-bond donors (Lipinski definition) is 3. The smallest absolute Gasteiger partial charge is 0.410 e. The Morgan fingerprint density at radius 2 is 1.86 bits per heavy atom. The van der Waals surface area contributed by atoms with E-state index < -0.39 is 23.6 Å². The number of nitrogens with zero attached hydrogens (tertiary/aromatic N) is 4. The van der Waals surface area contributed by atoms with Crippen LogP contribution in [0.5, 0.6) is 0 Å². The predicted molar refractivity (Wildman–Crippen MR) is 134 cm³/mol. The van der Waals surface area contributed by atoms with Crippen LogP contribution >= 0.6 is 0 Å². The molecule has 2 aromatic heterocycles. The van der Waals surface area contributed by atoms with Crippen LogP contribution in [0.25, 0.3) is 11.7 Å². The maximum absolute atomic E-state index is 12.8. The van der Waals surface area contributed by atoms with Crippen LogP contribution in [0, 0.1) is 0 Å². The van der Waals surface area contributed by atoms with Crippen molar-refractivity contribution in [1.29, 1.82) is 0 Å². The Morgan fingerprint density at radius 3 is 2.53 bits per heavy atom. The first kappa shape index (κ1) is 26.4. The first-order valence-corrected chi connectivity index (χ1v) is 11.4. The van der Waals surface area contributed by atoms with Crippen molar-refractivity contribution in [2.45, 2.75) is 38.5 Å². The highest BCUT2D eigenvalue weighted by atomic mass is 16.6. The minimum atomic E-state index is -1.11. The van der Waals surface area contributed by atoms with E-state index in [1.54, 1.807) is 36.4 Å². The third-order valence-electron chi connectivity index (χ3n) is 5.27. The van der Waals surface area contributed by atoms with Gasteiger partial charge in [0.1, 0.15) is 13.2 Å². The highest BCUT2D eigenvalue weighted by Crippen LogP contribution is 2.21. The van der Waals surface area contributed by atoms with E-state index in [9.17, 15) is 14.4 Å². The van der Waals surface area contributed by atoms with E-state index in [4.69, 9.17) is 16.2 Å². The van der Waals surface area contributed by atoms with Crippen LogP contribution in [0.2, 0.25) is 0 Å². The number of likely N-dealkylation sites (N-methyl/N-ethyl adjacent to an activating group) is 1. The van der Waals surface area contributed by atoms with E-state index in [-0.39, 0.29) is 19.1 Å². The predicted octanol–water partition coefficient (Wildman–Crippen LogP) is 1.78. The van der Waals surface area contributed by atoms with E-state index in [0.717, 1.165) is 10.5 Å². The lowest BCUT2D eigenvalue weighted by atomic mass is 10.0. The van der Waals surface area contributed by atoms with Gasteiger partial charge < -0.3 is 26.4 Å². The number of hydrogen-bond acceptors (Lipinski definition) is 7. The molecule has 3 aromatic rings. The molecule has 0 bridgehead atoms. The van der Waals surface area contributed by atoms with Crippen molar-refractivity contribution in [1.82, 2.24) is 24.8 Å². The molecule has 1 atom stereocenters. The van der Waals surface area contributed by atoms with Gasteiger partial charge in [-0.05, 0) is 38.0 Å². The van der Waals surface area contributed by atoms with E-state index in [2.05, 4.69) is 15.5 Å². The zero-order valence-electron chi connectivity index (χ0n) is 20.5. The molecule has 11 heteroatoms. The monoisotopic (exact) mass is 493 g/mol. The van der Waals surface area contributed by atoms with Gasteiger partial charge in [0.25, 0.3) is 0 Å². The molecule has 0 radical (unpaired) electrons. The Bertz CT molecular complexity index is 1250. The van der Waals surface area contributed by atoms with Crippen molar-refractivity contribution in [3.8, 4) is 0 Å². The standard InChI is InChI=1S/C25H31N7O4/c1-25(2,27)23(34)28-19(13-7-11-17-9-5-4-6-10-17)22-30-29-21-14-8-12-18(32(21)22)16-36-24(35)31(3)15-20(26)33/h4-12,14,19H,13,15-16,27H2,1-3H3,(H2,26,33)(H,28,34)/b11-7+/t19-/m1/s1.